The molecule has 2 heteroatoms. The molecule has 0 aromatic heterocycles. The fourth-order valence-electron chi connectivity index (χ4n) is 4.23. The molecule has 2 nitrogen and oxygen atoms in total. The largest absolute Gasteiger partial charge is 0.479 e. The first kappa shape index (κ1) is 24.5. The minimum absolute atomic E-state index is 0.106. The SMILES string of the molecule is C=CC1=C(/C=C\C)C(COC(=C)NC(C=C)CCC(=C)CC(C)(C)C)c2ccccc21. The molecular formula is C29H39NO. The molecule has 0 bridgehead atoms. The van der Waals surface area contributed by atoms with Crippen LogP contribution in [0.1, 0.15) is 64.0 Å². The van der Waals surface area contributed by atoms with Crippen molar-refractivity contribution in [2.45, 2.75) is 58.9 Å². The van der Waals surface area contributed by atoms with Gasteiger partial charge in [-0.15, -0.1) is 6.58 Å². The molecule has 1 aliphatic carbocycles. The van der Waals surface area contributed by atoms with Crippen LogP contribution in [0.5, 0.6) is 0 Å². The Labute approximate surface area is 189 Å². The molecule has 1 N–H and O–H groups in total. The van der Waals surface area contributed by atoms with Gasteiger partial charge >= 0.3 is 0 Å². The van der Waals surface area contributed by atoms with Crippen LogP contribution in [0.15, 0.2) is 91.9 Å². The van der Waals surface area contributed by atoms with Gasteiger partial charge in [-0.3, -0.25) is 0 Å². The average molecular weight is 418 g/mol. The van der Waals surface area contributed by atoms with E-state index in [0.717, 1.165) is 19.3 Å². The van der Waals surface area contributed by atoms with E-state index in [1.165, 1.54) is 27.8 Å². The molecule has 166 valence electrons. The minimum Gasteiger partial charge on any atom is -0.479 e. The van der Waals surface area contributed by atoms with E-state index in [-0.39, 0.29) is 17.4 Å². The minimum atomic E-state index is 0.106. The number of nitrogens with one attached hydrogen (secondary N) is 1. The van der Waals surface area contributed by atoms with Gasteiger partial charge in [-0.1, -0.05) is 88.1 Å². The number of allylic oxidation sites excluding steroid dienone is 5. The summed E-state index contributed by atoms with van der Waals surface area (Å²) in [5, 5.41) is 3.37. The van der Waals surface area contributed by atoms with E-state index >= 15 is 0 Å². The predicted molar refractivity (Wildman–Crippen MR) is 136 cm³/mol. The number of benzene rings is 1. The van der Waals surface area contributed by atoms with Gasteiger partial charge in [0.05, 0.1) is 0 Å². The van der Waals surface area contributed by atoms with Crippen molar-refractivity contribution in [3.05, 3.63) is 103 Å². The smallest absolute Gasteiger partial charge is 0.179 e. The fourth-order valence-corrected chi connectivity index (χ4v) is 4.23. The van der Waals surface area contributed by atoms with Crippen molar-refractivity contribution in [2.75, 3.05) is 6.61 Å². The summed E-state index contributed by atoms with van der Waals surface area (Å²) in [7, 11) is 0. The lowest BCUT2D eigenvalue weighted by atomic mass is 9.86. The summed E-state index contributed by atoms with van der Waals surface area (Å²) in [4.78, 5) is 0. The molecule has 1 aromatic rings. The molecule has 0 spiro atoms. The van der Waals surface area contributed by atoms with Crippen molar-refractivity contribution in [1.82, 2.24) is 5.32 Å². The van der Waals surface area contributed by atoms with Crippen molar-refractivity contribution in [3.8, 4) is 0 Å². The first-order valence-corrected chi connectivity index (χ1v) is 11.2. The fraction of sp³-hybridized carbons (Fsp3) is 0.379. The molecule has 1 aromatic carbocycles. The van der Waals surface area contributed by atoms with Crippen molar-refractivity contribution in [1.29, 1.82) is 0 Å². The van der Waals surface area contributed by atoms with Crippen molar-refractivity contribution in [2.24, 2.45) is 5.41 Å². The van der Waals surface area contributed by atoms with Crippen LogP contribution in [0.2, 0.25) is 0 Å². The van der Waals surface area contributed by atoms with E-state index in [1.54, 1.807) is 0 Å². The maximum atomic E-state index is 6.09. The van der Waals surface area contributed by atoms with Crippen LogP contribution >= 0.6 is 0 Å². The molecule has 31 heavy (non-hydrogen) atoms. The van der Waals surface area contributed by atoms with Gasteiger partial charge in [-0.2, -0.15) is 0 Å². The Hall–Kier alpha value is -2.74. The lowest BCUT2D eigenvalue weighted by Gasteiger charge is -2.23. The predicted octanol–water partition coefficient (Wildman–Crippen LogP) is 7.70. The highest BCUT2D eigenvalue weighted by molar-refractivity contribution is 5.86. The molecule has 0 radical (unpaired) electrons. The lowest BCUT2D eigenvalue weighted by Crippen LogP contribution is -2.28. The molecule has 2 rings (SSSR count). The summed E-state index contributed by atoms with van der Waals surface area (Å²) < 4.78 is 6.09. The van der Waals surface area contributed by atoms with E-state index in [2.05, 4.69) is 88.8 Å². The third kappa shape index (κ3) is 6.89. The van der Waals surface area contributed by atoms with E-state index < -0.39 is 0 Å². The molecule has 0 fully saturated rings. The van der Waals surface area contributed by atoms with Crippen LogP contribution in [-0.2, 0) is 4.74 Å². The summed E-state index contributed by atoms with van der Waals surface area (Å²) >= 11 is 0. The maximum Gasteiger partial charge on any atom is 0.179 e. The number of ether oxygens (including phenoxy) is 1. The Morgan fingerprint density at radius 1 is 1.19 bits per heavy atom. The number of fused-ring (bicyclic) bond motifs is 1. The highest BCUT2D eigenvalue weighted by Crippen LogP contribution is 2.43. The summed E-state index contributed by atoms with van der Waals surface area (Å²) in [6.45, 7) is 25.6. The Balaban J connectivity index is 1.98. The number of rotatable bonds is 12. The quantitative estimate of drug-likeness (QED) is 0.278. The molecular weight excluding hydrogens is 378 g/mol. The van der Waals surface area contributed by atoms with Crippen molar-refractivity contribution < 1.29 is 4.74 Å². The van der Waals surface area contributed by atoms with Crippen LogP contribution in [0.3, 0.4) is 0 Å². The first-order valence-electron chi connectivity index (χ1n) is 11.2. The van der Waals surface area contributed by atoms with E-state index in [0.29, 0.717) is 12.5 Å². The molecule has 0 amide bonds. The van der Waals surface area contributed by atoms with Crippen LogP contribution in [0, 0.1) is 5.41 Å². The zero-order chi connectivity index (χ0) is 23.0. The monoisotopic (exact) mass is 417 g/mol. The zero-order valence-electron chi connectivity index (χ0n) is 19.8. The van der Waals surface area contributed by atoms with E-state index in [1.807, 2.05) is 19.1 Å². The highest BCUT2D eigenvalue weighted by atomic mass is 16.5. The molecule has 2 atom stereocenters. The van der Waals surface area contributed by atoms with Crippen LogP contribution < -0.4 is 5.32 Å². The Bertz CT molecular complexity index is 878. The second-order valence-electron chi connectivity index (χ2n) is 9.46. The van der Waals surface area contributed by atoms with Crippen LogP contribution in [0.25, 0.3) is 5.57 Å². The summed E-state index contributed by atoms with van der Waals surface area (Å²) in [5.74, 6) is 0.739. The van der Waals surface area contributed by atoms with E-state index in [9.17, 15) is 0 Å². The van der Waals surface area contributed by atoms with Crippen LogP contribution in [-0.4, -0.2) is 12.6 Å². The van der Waals surface area contributed by atoms with Gasteiger partial charge < -0.3 is 10.1 Å². The summed E-state index contributed by atoms with van der Waals surface area (Å²) in [6.07, 6.45) is 11.0. The molecule has 0 saturated carbocycles. The van der Waals surface area contributed by atoms with Crippen LogP contribution in [0.4, 0.5) is 0 Å². The van der Waals surface area contributed by atoms with Gasteiger partial charge in [0.2, 0.25) is 0 Å². The third-order valence-electron chi connectivity index (χ3n) is 5.51. The normalized spacial score (nSPS) is 16.7. The molecule has 0 heterocycles. The van der Waals surface area contributed by atoms with E-state index in [4.69, 9.17) is 4.74 Å². The number of hydrogen-bond donors (Lipinski definition) is 1. The molecule has 1 aliphatic rings. The second kappa shape index (κ2) is 11.0. The van der Waals surface area contributed by atoms with Crippen molar-refractivity contribution >= 4 is 5.57 Å². The van der Waals surface area contributed by atoms with Crippen molar-refractivity contribution in [3.63, 3.8) is 0 Å². The van der Waals surface area contributed by atoms with Gasteiger partial charge in [-0.25, -0.2) is 0 Å². The van der Waals surface area contributed by atoms with Gasteiger partial charge in [0.1, 0.15) is 6.61 Å². The Morgan fingerprint density at radius 2 is 1.90 bits per heavy atom. The van der Waals surface area contributed by atoms with Gasteiger partial charge in [-0.05, 0) is 60.5 Å². The van der Waals surface area contributed by atoms with Gasteiger partial charge in [0.15, 0.2) is 5.88 Å². The first-order chi connectivity index (χ1) is 14.7. The third-order valence-corrected chi connectivity index (χ3v) is 5.51. The summed E-state index contributed by atoms with van der Waals surface area (Å²) in [6, 6.07) is 8.58. The van der Waals surface area contributed by atoms with Gasteiger partial charge in [0.25, 0.3) is 0 Å². The highest BCUT2D eigenvalue weighted by Gasteiger charge is 2.29. The van der Waals surface area contributed by atoms with Gasteiger partial charge in [0, 0.05) is 12.0 Å². The summed E-state index contributed by atoms with van der Waals surface area (Å²) in [5.41, 5.74) is 6.47. The Kier molecular flexibility index (Phi) is 8.74. The Morgan fingerprint density at radius 3 is 2.52 bits per heavy atom. The zero-order valence-corrected chi connectivity index (χ0v) is 19.8. The lowest BCUT2D eigenvalue weighted by molar-refractivity contribution is 0.179. The number of hydrogen-bond acceptors (Lipinski definition) is 2. The average Bonchev–Trinajstić information content (AvgIpc) is 3.01. The standard InChI is InChI=1S/C29H39NO/c1-9-14-25-24(11-3)26-15-12-13-16-27(26)28(25)20-31-22(5)30-23(10-2)18-17-21(4)19-29(6,7)8/h9-16,23,28,30H,2-5,17-20H2,1,6-8H3/b14-9-. The molecule has 2 unspecified atom stereocenters. The molecule has 0 saturated heterocycles. The maximum absolute atomic E-state index is 6.09. The molecule has 0 aliphatic heterocycles. The second-order valence-corrected chi connectivity index (χ2v) is 9.46. The topological polar surface area (TPSA) is 21.3 Å².